The van der Waals surface area contributed by atoms with E-state index in [1.165, 1.54) is 0 Å². The van der Waals surface area contributed by atoms with Crippen LogP contribution in [0.25, 0.3) is 0 Å². The molecule has 0 bridgehead atoms. The van der Waals surface area contributed by atoms with Crippen molar-refractivity contribution < 1.29 is 43.9 Å². The fourth-order valence-corrected chi connectivity index (χ4v) is 8.58. The minimum absolute atomic E-state index is 0.220. The Morgan fingerprint density at radius 3 is 0.826 bits per heavy atom. The molecule has 0 unspecified atom stereocenters. The molecule has 0 nitrogen and oxygen atoms in total. The molecule has 0 aliphatic carbocycles. The second kappa shape index (κ2) is 12.3. The lowest BCUT2D eigenvalue weighted by atomic mass is 10.1. The van der Waals surface area contributed by atoms with E-state index in [0.29, 0.717) is 10.4 Å². The first-order valence-electron chi connectivity index (χ1n) is 14.0. The zero-order valence-electron chi connectivity index (χ0n) is 26.9. The van der Waals surface area contributed by atoms with Crippen molar-refractivity contribution in [1.29, 1.82) is 0 Å². The van der Waals surface area contributed by atoms with Gasteiger partial charge < -0.3 is 0 Å². The van der Waals surface area contributed by atoms with Crippen molar-refractivity contribution in [3.05, 3.63) is 92.6 Å². The van der Waals surface area contributed by atoms with Crippen molar-refractivity contribution in [2.24, 2.45) is 0 Å². The molecule has 0 heterocycles. The summed E-state index contributed by atoms with van der Waals surface area (Å²) < 4.78 is 141. The highest BCUT2D eigenvalue weighted by Crippen LogP contribution is 2.39. The molecule has 12 heteroatoms. The Hall–Kier alpha value is -3.49. The fourth-order valence-electron chi connectivity index (χ4n) is 4.34. The molecule has 0 fully saturated rings. The molecule has 0 atom stereocenters. The number of hydrogen-bond acceptors (Lipinski definition) is 0. The van der Waals surface area contributed by atoms with E-state index in [4.69, 9.17) is 0 Å². The van der Waals surface area contributed by atoms with Crippen LogP contribution in [0, 0.1) is 81.9 Å². The molecular weight excluding hydrogens is 655 g/mol. The summed E-state index contributed by atoms with van der Waals surface area (Å²) in [4.78, 5) is 0. The van der Waals surface area contributed by atoms with Gasteiger partial charge in [-0.05, 0) is 32.6 Å². The molecule has 0 aliphatic heterocycles. The van der Waals surface area contributed by atoms with Gasteiger partial charge in [0.05, 0.1) is 16.1 Å². The number of hydrogen-bond donors (Lipinski definition) is 0. The van der Waals surface area contributed by atoms with E-state index in [1.54, 1.807) is 12.1 Å². The Bertz CT molecular complexity index is 1680. The Kier molecular flexibility index (Phi) is 9.86. The van der Waals surface area contributed by atoms with Crippen molar-refractivity contribution in [3.63, 3.8) is 0 Å². The summed E-state index contributed by atoms with van der Waals surface area (Å²) in [7, 11) is -5.41. The van der Waals surface area contributed by atoms with Gasteiger partial charge in [-0.15, -0.1) is 0 Å². The van der Waals surface area contributed by atoms with E-state index in [1.807, 2.05) is 67.7 Å². The highest BCUT2D eigenvalue weighted by molar-refractivity contribution is 6.94. The van der Waals surface area contributed by atoms with Gasteiger partial charge in [-0.3, -0.25) is 0 Å². The highest BCUT2D eigenvalue weighted by atomic mass is 28.3. The van der Waals surface area contributed by atoms with Gasteiger partial charge in [0.15, 0.2) is 46.5 Å². The normalized spacial score (nSPS) is 12.4. The van der Waals surface area contributed by atoms with Gasteiger partial charge in [-0.25, -0.2) is 43.9 Å². The average Bonchev–Trinajstić information content (AvgIpc) is 2.95. The van der Waals surface area contributed by atoms with Crippen LogP contribution < -0.4 is 10.4 Å². The molecule has 0 amide bonds. The largest absolute Gasteiger partial charge is 0.202 e. The summed E-state index contributed by atoms with van der Waals surface area (Å²) >= 11 is 0. The zero-order chi connectivity index (χ0) is 35.5. The zero-order valence-corrected chi connectivity index (χ0v) is 28.9. The third kappa shape index (κ3) is 6.26. The highest BCUT2D eigenvalue weighted by Gasteiger charge is 2.42. The van der Waals surface area contributed by atoms with E-state index < -0.39 is 95.5 Å². The van der Waals surface area contributed by atoms with Crippen molar-refractivity contribution in [1.82, 2.24) is 0 Å². The van der Waals surface area contributed by atoms with E-state index >= 15 is 0 Å². The molecule has 0 saturated heterocycles. The number of benzene rings is 3. The molecule has 0 aliphatic rings. The minimum atomic E-state index is -2.70. The van der Waals surface area contributed by atoms with E-state index in [-0.39, 0.29) is 11.1 Å². The van der Waals surface area contributed by atoms with Crippen LogP contribution >= 0.6 is 0 Å². The SMILES string of the molecule is CC(C)(C)[Si](C)(C)c1cc(C#Cc2c(F)c(F)c(F)c(F)c2F)c([Si](C)(C)C(C)(C)C)cc1C#Cc1c(F)c(F)c(F)c(F)c1F. The maximum atomic E-state index is 14.6. The van der Waals surface area contributed by atoms with Gasteiger partial charge in [0.2, 0.25) is 11.6 Å². The predicted molar refractivity (Wildman–Crippen MR) is 165 cm³/mol. The minimum Gasteiger partial charge on any atom is -0.202 e. The lowest BCUT2D eigenvalue weighted by Crippen LogP contribution is -2.55. The lowest BCUT2D eigenvalue weighted by molar-refractivity contribution is 0.376. The van der Waals surface area contributed by atoms with Crippen LogP contribution in [-0.2, 0) is 0 Å². The van der Waals surface area contributed by atoms with Crippen molar-refractivity contribution in [3.8, 4) is 23.7 Å². The van der Waals surface area contributed by atoms with Gasteiger partial charge in [0.25, 0.3) is 0 Å². The standard InChI is InChI=1S/C34H32F10Si2/c1-33(2,3)45(7,8)21-15-18(12-14-20-25(37)29(41)32(44)30(42)26(20)38)22(46(9,10)34(4,5)6)16-17(21)11-13-19-23(35)27(39)31(43)28(40)24(19)36/h15-16H,1-10H3. The lowest BCUT2D eigenvalue weighted by Gasteiger charge is -2.41. The van der Waals surface area contributed by atoms with E-state index in [9.17, 15) is 43.9 Å². The molecule has 246 valence electrons. The maximum absolute atomic E-state index is 14.6. The smallest absolute Gasteiger partial charge is 0.200 e. The summed E-state index contributed by atoms with van der Waals surface area (Å²) in [5.74, 6) is -12.1. The van der Waals surface area contributed by atoms with Crippen LogP contribution in [0.5, 0.6) is 0 Å². The Labute approximate surface area is 264 Å². The van der Waals surface area contributed by atoms with Crippen LogP contribution in [0.3, 0.4) is 0 Å². The average molecular weight is 687 g/mol. The predicted octanol–water partition coefficient (Wildman–Crippen LogP) is 9.31. The second-order valence-electron chi connectivity index (χ2n) is 14.1. The first-order chi connectivity index (χ1) is 20.8. The second-order valence-corrected chi connectivity index (χ2v) is 24.7. The van der Waals surface area contributed by atoms with Gasteiger partial charge in [-0.2, -0.15) is 0 Å². The van der Waals surface area contributed by atoms with Crippen molar-refractivity contribution >= 4 is 26.5 Å². The summed E-state index contributed by atoms with van der Waals surface area (Å²) in [5, 5.41) is 0.221. The summed E-state index contributed by atoms with van der Waals surface area (Å²) in [6, 6.07) is 3.18. The first-order valence-corrected chi connectivity index (χ1v) is 20.0. The Balaban J connectivity index is 2.54. The van der Waals surface area contributed by atoms with Crippen LogP contribution in [-0.4, -0.2) is 16.1 Å². The van der Waals surface area contributed by atoms with Crippen molar-refractivity contribution in [2.45, 2.75) is 77.8 Å². The van der Waals surface area contributed by atoms with Crippen LogP contribution in [0.4, 0.5) is 43.9 Å². The third-order valence-corrected chi connectivity index (χ3v) is 20.3. The molecular formula is C34H32F10Si2. The van der Waals surface area contributed by atoms with E-state index in [0.717, 1.165) is 0 Å². The molecule has 0 saturated carbocycles. The van der Waals surface area contributed by atoms with Crippen LogP contribution in [0.2, 0.25) is 36.3 Å². The Morgan fingerprint density at radius 1 is 0.391 bits per heavy atom. The van der Waals surface area contributed by atoms with Gasteiger partial charge >= 0.3 is 0 Å². The first kappa shape index (κ1) is 37.0. The molecule has 3 rings (SSSR count). The van der Waals surface area contributed by atoms with Gasteiger partial charge in [0.1, 0.15) is 11.1 Å². The third-order valence-electron chi connectivity index (χ3n) is 9.32. The van der Waals surface area contributed by atoms with Crippen LogP contribution in [0.1, 0.15) is 63.8 Å². The molecule has 0 aromatic heterocycles. The monoisotopic (exact) mass is 686 g/mol. The topological polar surface area (TPSA) is 0 Å². The maximum Gasteiger partial charge on any atom is 0.200 e. The summed E-state index contributed by atoms with van der Waals surface area (Å²) in [5.41, 5.74) is -2.20. The number of halogens is 10. The quantitative estimate of drug-likeness (QED) is 0.0829. The summed E-state index contributed by atoms with van der Waals surface area (Å²) in [6.07, 6.45) is 0. The van der Waals surface area contributed by atoms with E-state index in [2.05, 4.69) is 23.7 Å². The molecule has 0 N–H and O–H groups in total. The molecule has 3 aromatic carbocycles. The number of rotatable bonds is 2. The van der Waals surface area contributed by atoms with Gasteiger partial charge in [0, 0.05) is 11.1 Å². The van der Waals surface area contributed by atoms with Crippen molar-refractivity contribution in [2.75, 3.05) is 0 Å². The summed E-state index contributed by atoms with van der Waals surface area (Å²) in [6.45, 7) is 19.4. The fraction of sp³-hybridized carbons (Fsp3) is 0.353. The van der Waals surface area contributed by atoms with Crippen LogP contribution in [0.15, 0.2) is 12.1 Å². The molecule has 0 spiro atoms. The molecule has 3 aromatic rings. The Morgan fingerprint density at radius 2 is 0.609 bits per heavy atom. The van der Waals surface area contributed by atoms with Gasteiger partial charge in [-0.1, -0.05) is 91.4 Å². The molecule has 46 heavy (non-hydrogen) atoms. The molecule has 0 radical (unpaired) electrons.